The molecule has 5 heteroatoms. The van der Waals surface area contributed by atoms with Crippen LogP contribution in [0.2, 0.25) is 0 Å². The van der Waals surface area contributed by atoms with Crippen LogP contribution < -0.4 is 9.80 Å². The summed E-state index contributed by atoms with van der Waals surface area (Å²) in [5, 5.41) is 4.14. The Hall–Kier alpha value is -2.82. The van der Waals surface area contributed by atoms with Gasteiger partial charge in [-0.2, -0.15) is 4.98 Å². The molecule has 1 atom stereocenters. The second-order valence-corrected chi connectivity index (χ2v) is 6.58. The van der Waals surface area contributed by atoms with E-state index in [1.807, 2.05) is 37.4 Å². The zero-order chi connectivity index (χ0) is 17.1. The number of benzene rings is 2. The number of hydrogen-bond acceptors (Lipinski definition) is 5. The lowest BCUT2D eigenvalue weighted by Gasteiger charge is -2.21. The molecule has 3 aromatic rings. The van der Waals surface area contributed by atoms with E-state index >= 15 is 0 Å². The minimum absolute atomic E-state index is 0.569. The van der Waals surface area contributed by atoms with Crippen LogP contribution in [-0.4, -0.2) is 36.8 Å². The van der Waals surface area contributed by atoms with Gasteiger partial charge >= 0.3 is 0 Å². The highest BCUT2D eigenvalue weighted by molar-refractivity contribution is 5.54. The van der Waals surface area contributed by atoms with Crippen LogP contribution in [0.25, 0.3) is 11.5 Å². The van der Waals surface area contributed by atoms with Gasteiger partial charge in [-0.1, -0.05) is 36.4 Å². The summed E-state index contributed by atoms with van der Waals surface area (Å²) >= 11 is 0. The minimum atomic E-state index is 0.569. The molecule has 2 aromatic carbocycles. The summed E-state index contributed by atoms with van der Waals surface area (Å²) in [4.78, 5) is 9.08. The molecule has 0 amide bonds. The van der Waals surface area contributed by atoms with Crippen molar-refractivity contribution in [2.75, 3.05) is 36.5 Å². The summed E-state index contributed by atoms with van der Waals surface area (Å²) < 4.78 is 5.41. The van der Waals surface area contributed by atoms with Crippen LogP contribution in [0.5, 0.6) is 0 Å². The third kappa shape index (κ3) is 3.50. The molecule has 4 rings (SSSR count). The molecule has 128 valence electrons. The molecule has 0 spiro atoms. The van der Waals surface area contributed by atoms with Crippen LogP contribution >= 0.6 is 0 Å². The Morgan fingerprint density at radius 3 is 2.56 bits per heavy atom. The van der Waals surface area contributed by atoms with E-state index in [-0.39, 0.29) is 0 Å². The number of aromatic nitrogens is 2. The summed E-state index contributed by atoms with van der Waals surface area (Å²) in [6, 6.07) is 20.5. The second-order valence-electron chi connectivity index (χ2n) is 6.58. The number of rotatable bonds is 5. The Kier molecular flexibility index (Phi) is 4.37. The van der Waals surface area contributed by atoms with Gasteiger partial charge in [-0.3, -0.25) is 0 Å². The highest BCUT2D eigenvalue weighted by atomic mass is 16.5. The van der Waals surface area contributed by atoms with E-state index in [0.717, 1.165) is 25.2 Å². The molecule has 0 N–H and O–H groups in total. The molecule has 1 aromatic heterocycles. The summed E-state index contributed by atoms with van der Waals surface area (Å²) in [6.45, 7) is 3.10. The second kappa shape index (κ2) is 6.97. The van der Waals surface area contributed by atoms with Gasteiger partial charge in [0.2, 0.25) is 0 Å². The maximum atomic E-state index is 5.41. The molecule has 5 nitrogen and oxygen atoms in total. The first-order valence-corrected chi connectivity index (χ1v) is 8.70. The van der Waals surface area contributed by atoms with E-state index in [2.05, 4.69) is 50.3 Å². The van der Waals surface area contributed by atoms with Crippen LogP contribution in [0.15, 0.2) is 65.2 Å². The first kappa shape index (κ1) is 15.7. The highest BCUT2D eigenvalue weighted by Gasteiger charge is 2.25. The fourth-order valence-electron chi connectivity index (χ4n) is 3.39. The fourth-order valence-corrected chi connectivity index (χ4v) is 3.39. The van der Waals surface area contributed by atoms with Gasteiger partial charge in [-0.15, -0.1) is 0 Å². The lowest BCUT2D eigenvalue weighted by molar-refractivity contribution is 0.428. The van der Waals surface area contributed by atoms with E-state index in [9.17, 15) is 0 Å². The molecule has 2 heterocycles. The standard InChI is InChI=1S/C20H22N4O/c1-23(20-21-19(25-22-20)17-8-4-2-5-9-17)14-16-12-13-24(15-16)18-10-6-3-7-11-18/h2-11,16H,12-15H2,1H3. The SMILES string of the molecule is CN(CC1CCN(c2ccccc2)C1)c1noc(-c2ccccc2)n1. The van der Waals surface area contributed by atoms with Crippen LogP contribution in [0.3, 0.4) is 0 Å². The molecule has 0 saturated carbocycles. The summed E-state index contributed by atoms with van der Waals surface area (Å²) in [5.41, 5.74) is 2.25. The third-order valence-corrected chi connectivity index (χ3v) is 4.72. The zero-order valence-electron chi connectivity index (χ0n) is 14.4. The van der Waals surface area contributed by atoms with Crippen LogP contribution in [0.4, 0.5) is 11.6 Å². The highest BCUT2D eigenvalue weighted by Crippen LogP contribution is 2.25. The van der Waals surface area contributed by atoms with Crippen LogP contribution in [0, 0.1) is 5.92 Å². The Morgan fingerprint density at radius 2 is 1.80 bits per heavy atom. The van der Waals surface area contributed by atoms with Gasteiger partial charge in [0.05, 0.1) is 0 Å². The number of hydrogen-bond donors (Lipinski definition) is 0. The predicted molar refractivity (Wildman–Crippen MR) is 99.8 cm³/mol. The number of para-hydroxylation sites is 1. The Balaban J connectivity index is 1.38. The van der Waals surface area contributed by atoms with Crippen molar-refractivity contribution >= 4 is 11.6 Å². The van der Waals surface area contributed by atoms with Crippen LogP contribution in [-0.2, 0) is 0 Å². The third-order valence-electron chi connectivity index (χ3n) is 4.72. The van der Waals surface area contributed by atoms with Crippen molar-refractivity contribution in [1.82, 2.24) is 10.1 Å². The maximum absolute atomic E-state index is 5.41. The molecule has 1 aliphatic rings. The van der Waals surface area contributed by atoms with Gasteiger partial charge in [-0.25, -0.2) is 0 Å². The van der Waals surface area contributed by atoms with Gasteiger partial charge in [0.25, 0.3) is 11.8 Å². The topological polar surface area (TPSA) is 45.4 Å². The molecule has 0 radical (unpaired) electrons. The Bertz CT molecular complexity index is 803. The fraction of sp³-hybridized carbons (Fsp3) is 0.300. The molecule has 1 aliphatic heterocycles. The van der Waals surface area contributed by atoms with Gasteiger partial charge < -0.3 is 14.3 Å². The maximum Gasteiger partial charge on any atom is 0.266 e. The van der Waals surface area contributed by atoms with Crippen molar-refractivity contribution in [2.24, 2.45) is 5.92 Å². The molecule has 0 aliphatic carbocycles. The number of anilines is 2. The molecule has 1 unspecified atom stereocenters. The normalized spacial score (nSPS) is 17.0. The first-order valence-electron chi connectivity index (χ1n) is 8.70. The van der Waals surface area contributed by atoms with Crippen molar-refractivity contribution in [3.63, 3.8) is 0 Å². The lowest BCUT2D eigenvalue weighted by Crippen LogP contribution is -2.28. The van der Waals surface area contributed by atoms with E-state index in [1.165, 1.54) is 12.1 Å². The van der Waals surface area contributed by atoms with Crippen molar-refractivity contribution in [2.45, 2.75) is 6.42 Å². The Morgan fingerprint density at radius 1 is 1.08 bits per heavy atom. The average molecular weight is 334 g/mol. The van der Waals surface area contributed by atoms with E-state index in [0.29, 0.717) is 17.8 Å². The molecular formula is C20H22N4O. The summed E-state index contributed by atoms with van der Waals surface area (Å²) in [5.74, 6) is 1.82. The quantitative estimate of drug-likeness (QED) is 0.712. The molecule has 1 saturated heterocycles. The molecular weight excluding hydrogens is 312 g/mol. The predicted octanol–water partition coefficient (Wildman–Crippen LogP) is 3.70. The van der Waals surface area contributed by atoms with E-state index in [1.54, 1.807) is 0 Å². The summed E-state index contributed by atoms with van der Waals surface area (Å²) in [7, 11) is 2.03. The molecule has 25 heavy (non-hydrogen) atoms. The summed E-state index contributed by atoms with van der Waals surface area (Å²) in [6.07, 6.45) is 1.18. The molecule has 1 fully saturated rings. The average Bonchev–Trinajstić information content (AvgIpc) is 3.33. The largest absolute Gasteiger partial charge is 0.371 e. The number of nitrogens with zero attached hydrogens (tertiary/aromatic N) is 4. The smallest absolute Gasteiger partial charge is 0.266 e. The first-order chi connectivity index (χ1) is 12.3. The van der Waals surface area contributed by atoms with Gasteiger partial charge in [-0.05, 0) is 41.8 Å². The van der Waals surface area contributed by atoms with Gasteiger partial charge in [0.1, 0.15) is 0 Å². The van der Waals surface area contributed by atoms with Crippen molar-refractivity contribution in [3.05, 3.63) is 60.7 Å². The monoisotopic (exact) mass is 334 g/mol. The van der Waals surface area contributed by atoms with Crippen molar-refractivity contribution < 1.29 is 4.52 Å². The molecule has 0 bridgehead atoms. The van der Waals surface area contributed by atoms with Crippen molar-refractivity contribution in [1.29, 1.82) is 0 Å². The van der Waals surface area contributed by atoms with Gasteiger partial charge in [0.15, 0.2) is 0 Å². The van der Waals surface area contributed by atoms with Crippen LogP contribution in [0.1, 0.15) is 6.42 Å². The van der Waals surface area contributed by atoms with E-state index < -0.39 is 0 Å². The zero-order valence-corrected chi connectivity index (χ0v) is 14.4. The van der Waals surface area contributed by atoms with Gasteiger partial charge in [0, 0.05) is 37.9 Å². The van der Waals surface area contributed by atoms with E-state index in [4.69, 9.17) is 4.52 Å². The van der Waals surface area contributed by atoms with Crippen molar-refractivity contribution in [3.8, 4) is 11.5 Å². The lowest BCUT2D eigenvalue weighted by atomic mass is 10.1. The Labute approximate surface area is 147 Å². The minimum Gasteiger partial charge on any atom is -0.371 e.